The third-order valence-electron chi connectivity index (χ3n) is 3.75. The number of aromatic amines is 1. The Kier molecular flexibility index (Phi) is 6.37. The number of rotatable bonds is 8. The predicted octanol–water partition coefficient (Wildman–Crippen LogP) is 1.31. The van der Waals surface area contributed by atoms with E-state index in [-0.39, 0.29) is 17.0 Å². The van der Waals surface area contributed by atoms with Crippen molar-refractivity contribution >= 4 is 65.3 Å². The minimum Gasteiger partial charge on any atom is -0.376 e. The molecule has 0 fully saturated rings. The number of anilines is 1. The molecule has 0 saturated carbocycles. The number of aryl methyl sites for hydroxylation is 1. The molecule has 0 radical (unpaired) electrons. The van der Waals surface area contributed by atoms with Crippen LogP contribution in [0.1, 0.15) is 16.9 Å². The van der Waals surface area contributed by atoms with Crippen LogP contribution in [-0.4, -0.2) is 45.7 Å². The molecule has 9 nitrogen and oxygen atoms in total. The maximum Gasteiger partial charge on any atom is 0.280 e. The van der Waals surface area contributed by atoms with Crippen molar-refractivity contribution in [2.45, 2.75) is 18.7 Å². The van der Waals surface area contributed by atoms with Crippen LogP contribution in [0, 0.1) is 0 Å². The van der Waals surface area contributed by atoms with Crippen LogP contribution in [0.2, 0.25) is 0 Å². The van der Waals surface area contributed by atoms with E-state index >= 15 is 0 Å². The zero-order valence-electron chi connectivity index (χ0n) is 14.8. The number of imidazole rings is 1. The Labute approximate surface area is 174 Å². The minimum atomic E-state index is -3.10. The smallest absolute Gasteiger partial charge is 0.280 e. The number of fused-ring (bicyclic) bond motifs is 1. The molecular weight excluding hydrogens is 440 g/mol. The van der Waals surface area contributed by atoms with Gasteiger partial charge in [-0.2, -0.15) is 4.98 Å². The summed E-state index contributed by atoms with van der Waals surface area (Å²) in [6.07, 6.45) is 3.47. The number of hydrogen-bond acceptors (Lipinski definition) is 9. The molecule has 0 saturated heterocycles. The average molecular weight is 459 g/mol. The fourth-order valence-electron chi connectivity index (χ4n) is 2.50. The van der Waals surface area contributed by atoms with E-state index in [9.17, 15) is 13.2 Å². The first-order valence-electron chi connectivity index (χ1n) is 8.14. The van der Waals surface area contributed by atoms with Crippen molar-refractivity contribution < 1.29 is 8.42 Å². The van der Waals surface area contributed by atoms with Crippen LogP contribution in [0.5, 0.6) is 0 Å². The van der Waals surface area contributed by atoms with Crippen molar-refractivity contribution in [3.63, 3.8) is 0 Å². The highest BCUT2D eigenvalue weighted by atomic mass is 33.1. The van der Waals surface area contributed by atoms with E-state index in [1.807, 2.05) is 11.4 Å². The van der Waals surface area contributed by atoms with E-state index in [1.165, 1.54) is 17.6 Å². The molecule has 3 rings (SSSR count). The number of nitrogens with zero attached hydrogens (tertiary/aromatic N) is 3. The molecule has 28 heavy (non-hydrogen) atoms. The van der Waals surface area contributed by atoms with Crippen LogP contribution in [0.4, 0.5) is 5.95 Å². The number of thiophene rings is 1. The van der Waals surface area contributed by atoms with Crippen LogP contribution < -0.4 is 16.6 Å². The second-order valence-corrected chi connectivity index (χ2v) is 11.8. The van der Waals surface area contributed by atoms with E-state index in [0.29, 0.717) is 29.5 Å². The van der Waals surface area contributed by atoms with Gasteiger partial charge in [0.1, 0.15) is 4.99 Å². The molecule has 13 heteroatoms. The highest BCUT2D eigenvalue weighted by Crippen LogP contribution is 2.25. The van der Waals surface area contributed by atoms with Crippen molar-refractivity contribution in [2.24, 2.45) is 0 Å². The third-order valence-corrected chi connectivity index (χ3v) is 7.69. The lowest BCUT2D eigenvalue weighted by atomic mass is 10.2. The topological polar surface area (TPSA) is 136 Å². The first-order chi connectivity index (χ1) is 13.2. The number of hydrogen-bond donors (Lipinski definition) is 3. The van der Waals surface area contributed by atoms with E-state index < -0.39 is 8.87 Å². The Morgan fingerprint density at radius 1 is 1.50 bits per heavy atom. The van der Waals surface area contributed by atoms with Gasteiger partial charge in [-0.1, -0.05) is 12.2 Å². The number of aromatic nitrogens is 4. The summed E-state index contributed by atoms with van der Waals surface area (Å²) in [5, 5.41) is 5.08. The molecule has 4 N–H and O–H groups in total. The third kappa shape index (κ3) is 5.10. The Morgan fingerprint density at radius 3 is 3.04 bits per heavy atom. The molecule has 3 aromatic heterocycles. The molecule has 3 aromatic rings. The minimum absolute atomic E-state index is 0.0514. The van der Waals surface area contributed by atoms with Crippen molar-refractivity contribution in [1.82, 2.24) is 24.8 Å². The first-order valence-corrected chi connectivity index (χ1v) is 12.8. The van der Waals surface area contributed by atoms with E-state index in [2.05, 4.69) is 20.3 Å². The average Bonchev–Trinajstić information content (AvgIpc) is 3.23. The Bertz CT molecular complexity index is 1160. The predicted molar refractivity (Wildman–Crippen MR) is 117 cm³/mol. The van der Waals surface area contributed by atoms with Gasteiger partial charge < -0.3 is 15.6 Å². The number of H-pyrrole nitrogens is 1. The van der Waals surface area contributed by atoms with Gasteiger partial charge in [0, 0.05) is 35.5 Å². The van der Waals surface area contributed by atoms with Crippen LogP contribution >= 0.6 is 34.3 Å². The van der Waals surface area contributed by atoms with Gasteiger partial charge in [0.2, 0.25) is 5.95 Å². The SMILES string of the molecule is CS(=O)(=O)SCc1sccc1C(=S)NCCCn1cnc2c(=O)[nH]c(N)nc21. The Morgan fingerprint density at radius 2 is 2.29 bits per heavy atom. The van der Waals surface area contributed by atoms with Gasteiger partial charge >= 0.3 is 0 Å². The lowest BCUT2D eigenvalue weighted by molar-refractivity contribution is 0.615. The molecule has 0 unspecified atom stereocenters. The lowest BCUT2D eigenvalue weighted by Crippen LogP contribution is -2.24. The molecule has 0 aliphatic rings. The quantitative estimate of drug-likeness (QED) is 0.259. The van der Waals surface area contributed by atoms with Gasteiger partial charge in [-0.15, -0.1) is 11.3 Å². The Balaban J connectivity index is 1.56. The zero-order valence-corrected chi connectivity index (χ0v) is 18.1. The maximum absolute atomic E-state index is 11.8. The highest BCUT2D eigenvalue weighted by Gasteiger charge is 2.13. The van der Waals surface area contributed by atoms with Crippen molar-refractivity contribution in [2.75, 3.05) is 18.5 Å². The lowest BCUT2D eigenvalue weighted by Gasteiger charge is -2.09. The normalized spacial score (nSPS) is 11.8. The standard InChI is InChI=1S/C15H18N6O3S4/c1-28(23,24)27-7-10-9(3-6-26-10)14(25)17-4-2-5-21-8-18-11-12(21)19-15(16)20-13(11)22/h3,6,8H,2,4-5,7H2,1H3,(H,17,25)(H3,16,19,20,22). The summed E-state index contributed by atoms with van der Waals surface area (Å²) in [7, 11) is -2.21. The molecule has 150 valence electrons. The fourth-order valence-corrected chi connectivity index (χ4v) is 5.66. The second kappa shape index (κ2) is 8.59. The van der Waals surface area contributed by atoms with Crippen molar-refractivity contribution in [1.29, 1.82) is 0 Å². The van der Waals surface area contributed by atoms with Crippen LogP contribution in [-0.2, 0) is 21.2 Å². The number of nitrogen functional groups attached to an aromatic ring is 1. The van der Waals surface area contributed by atoms with Gasteiger partial charge in [0.15, 0.2) is 20.0 Å². The molecule has 0 aliphatic carbocycles. The molecule has 0 spiro atoms. The van der Waals surface area contributed by atoms with Gasteiger partial charge in [-0.05, 0) is 28.7 Å². The number of thiocarbonyl (C=S) groups is 1. The van der Waals surface area contributed by atoms with Crippen LogP contribution in [0.3, 0.4) is 0 Å². The summed E-state index contributed by atoms with van der Waals surface area (Å²) in [5.41, 5.74) is 6.78. The van der Waals surface area contributed by atoms with Gasteiger partial charge in [0.25, 0.3) is 5.56 Å². The second-order valence-electron chi connectivity index (χ2n) is 5.89. The molecule has 0 amide bonds. The summed E-state index contributed by atoms with van der Waals surface area (Å²) in [5.74, 6) is 0.423. The largest absolute Gasteiger partial charge is 0.376 e. The van der Waals surface area contributed by atoms with E-state index in [1.54, 1.807) is 10.9 Å². The van der Waals surface area contributed by atoms with Gasteiger partial charge in [-0.25, -0.2) is 13.4 Å². The van der Waals surface area contributed by atoms with Gasteiger partial charge in [0.05, 0.1) is 6.33 Å². The highest BCUT2D eigenvalue weighted by molar-refractivity contribution is 8.71. The molecule has 0 atom stereocenters. The van der Waals surface area contributed by atoms with Crippen LogP contribution in [0.25, 0.3) is 11.2 Å². The molecule has 0 aromatic carbocycles. The summed E-state index contributed by atoms with van der Waals surface area (Å²) in [4.78, 5) is 23.9. The summed E-state index contributed by atoms with van der Waals surface area (Å²) in [6.45, 7) is 1.19. The van der Waals surface area contributed by atoms with Crippen molar-refractivity contribution in [3.05, 3.63) is 38.6 Å². The Hall–Kier alpha value is -1.96. The van der Waals surface area contributed by atoms with E-state index in [4.69, 9.17) is 18.0 Å². The number of nitrogens with two attached hydrogens (primary N) is 1. The van der Waals surface area contributed by atoms with Crippen molar-refractivity contribution in [3.8, 4) is 0 Å². The monoisotopic (exact) mass is 458 g/mol. The molecule has 0 bridgehead atoms. The fraction of sp³-hybridized carbons (Fsp3) is 0.333. The molecule has 0 aliphatic heterocycles. The molecular formula is C15H18N6O3S4. The van der Waals surface area contributed by atoms with E-state index in [0.717, 1.165) is 27.7 Å². The van der Waals surface area contributed by atoms with Gasteiger partial charge in [-0.3, -0.25) is 9.78 Å². The van der Waals surface area contributed by atoms with Crippen LogP contribution in [0.15, 0.2) is 22.6 Å². The zero-order chi connectivity index (χ0) is 20.3. The summed E-state index contributed by atoms with van der Waals surface area (Å²) < 4.78 is 24.5. The summed E-state index contributed by atoms with van der Waals surface area (Å²) in [6, 6.07) is 1.89. The number of nitrogens with one attached hydrogen (secondary N) is 2. The summed E-state index contributed by atoms with van der Waals surface area (Å²) >= 11 is 6.92. The molecule has 3 heterocycles. The maximum atomic E-state index is 11.8. The first kappa shape index (κ1) is 20.8.